The standard InChI is InChI=1S/C7H8N4/c1-5-6(8)4-7-9-2-3-11(7)10-5/h2-4H,8H2,1H3. The second-order valence-electron chi connectivity index (χ2n) is 2.42. The first-order valence-electron chi connectivity index (χ1n) is 3.34. The monoisotopic (exact) mass is 148 g/mol. The number of fused-ring (bicyclic) bond motifs is 1. The second-order valence-corrected chi connectivity index (χ2v) is 2.42. The average Bonchev–Trinajstić information content (AvgIpc) is 2.36. The van der Waals surface area contributed by atoms with Gasteiger partial charge in [0.1, 0.15) is 0 Å². The molecule has 0 aliphatic heterocycles. The maximum Gasteiger partial charge on any atom is 0.155 e. The topological polar surface area (TPSA) is 56.2 Å². The molecule has 2 rings (SSSR count). The van der Waals surface area contributed by atoms with Crippen LogP contribution in [0, 0.1) is 6.92 Å². The van der Waals surface area contributed by atoms with E-state index in [0.717, 1.165) is 11.3 Å². The Bertz CT molecular complexity index is 354. The molecule has 2 aromatic heterocycles. The lowest BCUT2D eigenvalue weighted by Gasteiger charge is -1.98. The van der Waals surface area contributed by atoms with Crippen LogP contribution < -0.4 is 5.73 Å². The number of aromatic nitrogens is 3. The number of hydrogen-bond donors (Lipinski definition) is 1. The molecule has 2 heterocycles. The lowest BCUT2D eigenvalue weighted by Crippen LogP contribution is -1.98. The first-order chi connectivity index (χ1) is 5.27. The normalized spacial score (nSPS) is 10.6. The fraction of sp³-hybridized carbons (Fsp3) is 0.143. The summed E-state index contributed by atoms with van der Waals surface area (Å²) in [7, 11) is 0. The van der Waals surface area contributed by atoms with Crippen molar-refractivity contribution in [3.8, 4) is 0 Å². The molecule has 0 aromatic carbocycles. The third kappa shape index (κ3) is 0.832. The van der Waals surface area contributed by atoms with Gasteiger partial charge in [0, 0.05) is 18.5 Å². The van der Waals surface area contributed by atoms with Gasteiger partial charge >= 0.3 is 0 Å². The largest absolute Gasteiger partial charge is 0.397 e. The van der Waals surface area contributed by atoms with Crippen LogP contribution in [0.4, 0.5) is 5.69 Å². The van der Waals surface area contributed by atoms with E-state index in [0.29, 0.717) is 5.69 Å². The maximum absolute atomic E-state index is 5.63. The van der Waals surface area contributed by atoms with Crippen LogP contribution in [0.3, 0.4) is 0 Å². The first-order valence-corrected chi connectivity index (χ1v) is 3.34. The lowest BCUT2D eigenvalue weighted by molar-refractivity contribution is 0.904. The molecule has 0 saturated heterocycles. The quantitative estimate of drug-likeness (QED) is 0.595. The second kappa shape index (κ2) is 1.95. The van der Waals surface area contributed by atoms with Gasteiger partial charge in [-0.05, 0) is 6.92 Å². The number of nitrogen functional groups attached to an aromatic ring is 1. The van der Waals surface area contributed by atoms with Crippen molar-refractivity contribution < 1.29 is 0 Å². The van der Waals surface area contributed by atoms with Gasteiger partial charge in [-0.3, -0.25) is 0 Å². The smallest absolute Gasteiger partial charge is 0.155 e. The van der Waals surface area contributed by atoms with Crippen molar-refractivity contribution in [2.24, 2.45) is 0 Å². The van der Waals surface area contributed by atoms with Crippen molar-refractivity contribution in [3.05, 3.63) is 24.2 Å². The van der Waals surface area contributed by atoms with Crippen molar-refractivity contribution in [1.29, 1.82) is 0 Å². The molecule has 0 radical (unpaired) electrons. The highest BCUT2D eigenvalue weighted by Gasteiger charge is 1.98. The Morgan fingerprint density at radius 2 is 2.36 bits per heavy atom. The van der Waals surface area contributed by atoms with E-state index < -0.39 is 0 Å². The van der Waals surface area contributed by atoms with E-state index in [1.54, 1.807) is 16.9 Å². The van der Waals surface area contributed by atoms with E-state index in [2.05, 4.69) is 10.1 Å². The predicted octanol–water partition coefficient (Wildman–Crippen LogP) is 0.620. The van der Waals surface area contributed by atoms with Crippen LogP contribution in [0.2, 0.25) is 0 Å². The maximum atomic E-state index is 5.63. The average molecular weight is 148 g/mol. The molecule has 11 heavy (non-hydrogen) atoms. The van der Waals surface area contributed by atoms with Gasteiger partial charge < -0.3 is 5.73 Å². The summed E-state index contributed by atoms with van der Waals surface area (Å²) in [5.41, 5.74) is 7.93. The fourth-order valence-electron chi connectivity index (χ4n) is 0.959. The summed E-state index contributed by atoms with van der Waals surface area (Å²) >= 11 is 0. The van der Waals surface area contributed by atoms with E-state index >= 15 is 0 Å². The number of anilines is 1. The zero-order chi connectivity index (χ0) is 7.84. The van der Waals surface area contributed by atoms with E-state index in [-0.39, 0.29) is 0 Å². The zero-order valence-electron chi connectivity index (χ0n) is 6.15. The molecule has 0 atom stereocenters. The summed E-state index contributed by atoms with van der Waals surface area (Å²) in [6.45, 7) is 1.87. The highest BCUT2D eigenvalue weighted by molar-refractivity contribution is 5.52. The summed E-state index contributed by atoms with van der Waals surface area (Å²) in [5.74, 6) is 0. The Balaban J connectivity index is 2.86. The Morgan fingerprint density at radius 3 is 3.18 bits per heavy atom. The van der Waals surface area contributed by atoms with Crippen molar-refractivity contribution in [3.63, 3.8) is 0 Å². The van der Waals surface area contributed by atoms with E-state index in [9.17, 15) is 0 Å². The van der Waals surface area contributed by atoms with Crippen LogP contribution in [0.5, 0.6) is 0 Å². The molecule has 0 saturated carbocycles. The number of hydrogen-bond acceptors (Lipinski definition) is 3. The number of imidazole rings is 1. The van der Waals surface area contributed by atoms with Crippen LogP contribution >= 0.6 is 0 Å². The summed E-state index contributed by atoms with van der Waals surface area (Å²) in [6.07, 6.45) is 3.49. The summed E-state index contributed by atoms with van der Waals surface area (Å²) in [5, 5.41) is 4.16. The molecule has 0 amide bonds. The SMILES string of the molecule is Cc1nn2ccnc2cc1N. The third-order valence-electron chi connectivity index (χ3n) is 1.61. The Kier molecular flexibility index (Phi) is 1.09. The van der Waals surface area contributed by atoms with Crippen molar-refractivity contribution in [2.45, 2.75) is 6.92 Å². The molecular weight excluding hydrogens is 140 g/mol. The third-order valence-corrected chi connectivity index (χ3v) is 1.61. The number of nitrogens with two attached hydrogens (primary N) is 1. The predicted molar refractivity (Wildman–Crippen MR) is 42.1 cm³/mol. The minimum Gasteiger partial charge on any atom is -0.397 e. The molecule has 0 fully saturated rings. The van der Waals surface area contributed by atoms with E-state index in [4.69, 9.17) is 5.73 Å². The molecule has 0 spiro atoms. The highest BCUT2D eigenvalue weighted by Crippen LogP contribution is 2.08. The number of rotatable bonds is 0. The highest BCUT2D eigenvalue weighted by atomic mass is 15.2. The zero-order valence-corrected chi connectivity index (χ0v) is 6.15. The van der Waals surface area contributed by atoms with Crippen LogP contribution in [-0.4, -0.2) is 14.6 Å². The number of nitrogens with zero attached hydrogens (tertiary/aromatic N) is 3. The van der Waals surface area contributed by atoms with Crippen LogP contribution in [-0.2, 0) is 0 Å². The van der Waals surface area contributed by atoms with Crippen LogP contribution in [0.1, 0.15) is 5.69 Å². The summed E-state index contributed by atoms with van der Waals surface area (Å²) in [6, 6.07) is 1.81. The molecule has 2 aromatic rings. The Morgan fingerprint density at radius 1 is 1.55 bits per heavy atom. The van der Waals surface area contributed by atoms with Gasteiger partial charge in [0.25, 0.3) is 0 Å². The summed E-state index contributed by atoms with van der Waals surface area (Å²) in [4.78, 5) is 4.04. The van der Waals surface area contributed by atoms with Gasteiger partial charge in [-0.15, -0.1) is 0 Å². The van der Waals surface area contributed by atoms with Crippen LogP contribution in [0.15, 0.2) is 18.5 Å². The van der Waals surface area contributed by atoms with Crippen molar-refractivity contribution in [1.82, 2.24) is 14.6 Å². The van der Waals surface area contributed by atoms with Gasteiger partial charge in [-0.1, -0.05) is 0 Å². The Hall–Kier alpha value is -1.58. The Labute approximate surface area is 63.7 Å². The minimum atomic E-state index is 0.684. The number of aryl methyl sites for hydroxylation is 1. The summed E-state index contributed by atoms with van der Waals surface area (Å²) < 4.78 is 1.70. The van der Waals surface area contributed by atoms with E-state index in [1.807, 2.05) is 13.0 Å². The van der Waals surface area contributed by atoms with Crippen LogP contribution in [0.25, 0.3) is 5.65 Å². The van der Waals surface area contributed by atoms with Crippen molar-refractivity contribution >= 4 is 11.3 Å². The van der Waals surface area contributed by atoms with Gasteiger partial charge in [0.15, 0.2) is 5.65 Å². The first kappa shape index (κ1) is 6.15. The molecule has 0 aliphatic carbocycles. The molecule has 0 aliphatic rings. The molecule has 4 heteroatoms. The molecular formula is C7H8N4. The van der Waals surface area contributed by atoms with Gasteiger partial charge in [0.2, 0.25) is 0 Å². The van der Waals surface area contributed by atoms with Gasteiger partial charge in [0.05, 0.1) is 11.4 Å². The molecule has 4 nitrogen and oxygen atoms in total. The molecule has 56 valence electrons. The fourth-order valence-corrected chi connectivity index (χ4v) is 0.959. The van der Waals surface area contributed by atoms with Gasteiger partial charge in [-0.25, -0.2) is 9.50 Å². The van der Waals surface area contributed by atoms with Gasteiger partial charge in [-0.2, -0.15) is 5.10 Å². The van der Waals surface area contributed by atoms with Crippen molar-refractivity contribution in [2.75, 3.05) is 5.73 Å². The molecule has 2 N–H and O–H groups in total. The molecule has 0 bridgehead atoms. The molecule has 0 unspecified atom stereocenters. The lowest BCUT2D eigenvalue weighted by atomic mass is 10.3. The van der Waals surface area contributed by atoms with E-state index in [1.165, 1.54) is 0 Å². The minimum absolute atomic E-state index is 0.684.